The smallest absolute Gasteiger partial charge is 0.314 e. The molecule has 0 aliphatic carbocycles. The number of aromatic nitrogens is 1. The lowest BCUT2D eigenvalue weighted by Gasteiger charge is -2.07. The molecule has 0 bridgehead atoms. The first-order valence-electron chi connectivity index (χ1n) is 5.53. The first kappa shape index (κ1) is 13.5. The predicted octanol–water partition coefficient (Wildman–Crippen LogP) is 4.16. The van der Waals surface area contributed by atoms with Crippen LogP contribution in [0.25, 0.3) is 0 Å². The highest BCUT2D eigenvalue weighted by molar-refractivity contribution is 9.10. The maximum Gasteiger partial charge on any atom is 0.314 e. The molecule has 1 aromatic carbocycles. The molecule has 0 saturated carbocycles. The van der Waals surface area contributed by atoms with Crippen molar-refractivity contribution in [2.45, 2.75) is 13.8 Å². The third-order valence-corrected chi connectivity index (χ3v) is 3.45. The number of ether oxygens (including phenoxy) is 1. The van der Waals surface area contributed by atoms with E-state index in [4.69, 9.17) is 4.74 Å². The van der Waals surface area contributed by atoms with Crippen LogP contribution in [0.15, 0.2) is 34.9 Å². The Bertz CT molecular complexity index is 644. The number of benzene rings is 1. The van der Waals surface area contributed by atoms with Crippen molar-refractivity contribution in [3.63, 3.8) is 0 Å². The highest BCUT2D eigenvalue weighted by atomic mass is 79.9. The first-order chi connectivity index (χ1) is 8.99. The Hall–Kier alpha value is -1.95. The van der Waals surface area contributed by atoms with Crippen molar-refractivity contribution >= 4 is 21.6 Å². The second-order valence-corrected chi connectivity index (χ2v) is 4.91. The summed E-state index contributed by atoms with van der Waals surface area (Å²) < 4.78 is 6.37. The van der Waals surface area contributed by atoms with E-state index in [-0.39, 0.29) is 11.4 Å². The third kappa shape index (κ3) is 2.90. The number of halogens is 1. The van der Waals surface area contributed by atoms with Gasteiger partial charge in [-0.2, -0.15) is 0 Å². The number of nitrogens with zero attached hydrogens (tertiary/aromatic N) is 2. The number of rotatable bonds is 3. The molecule has 98 valence electrons. The van der Waals surface area contributed by atoms with Crippen molar-refractivity contribution in [1.82, 2.24) is 4.98 Å². The standard InChI is InChI=1S/C13H11BrN2O3/c1-8-4-3-5-11(13(8)16(17)18)19-12-6-9(2)10(14)7-15-12/h3-7H,1-2H3. The molecular weight excluding hydrogens is 312 g/mol. The van der Waals surface area contributed by atoms with Crippen molar-refractivity contribution in [3.05, 3.63) is 56.2 Å². The van der Waals surface area contributed by atoms with E-state index in [0.29, 0.717) is 11.4 Å². The molecule has 0 unspecified atom stereocenters. The summed E-state index contributed by atoms with van der Waals surface area (Å²) in [6.07, 6.45) is 1.60. The van der Waals surface area contributed by atoms with Gasteiger partial charge in [0.05, 0.1) is 4.92 Å². The van der Waals surface area contributed by atoms with Crippen LogP contribution in [0.5, 0.6) is 11.6 Å². The number of hydrogen-bond donors (Lipinski definition) is 0. The van der Waals surface area contributed by atoms with E-state index in [0.717, 1.165) is 10.0 Å². The maximum absolute atomic E-state index is 11.1. The van der Waals surface area contributed by atoms with Crippen molar-refractivity contribution in [3.8, 4) is 11.6 Å². The van der Waals surface area contributed by atoms with E-state index in [9.17, 15) is 10.1 Å². The highest BCUT2D eigenvalue weighted by Crippen LogP contribution is 2.33. The van der Waals surface area contributed by atoms with Crippen LogP contribution in [0.1, 0.15) is 11.1 Å². The fourth-order valence-electron chi connectivity index (χ4n) is 1.63. The number of para-hydroxylation sites is 1. The minimum atomic E-state index is -0.448. The minimum absolute atomic E-state index is 0.0372. The zero-order valence-electron chi connectivity index (χ0n) is 10.4. The van der Waals surface area contributed by atoms with Crippen LogP contribution in [0.2, 0.25) is 0 Å². The van der Waals surface area contributed by atoms with Crippen LogP contribution >= 0.6 is 15.9 Å². The van der Waals surface area contributed by atoms with Gasteiger partial charge in [0.2, 0.25) is 11.6 Å². The van der Waals surface area contributed by atoms with Crippen molar-refractivity contribution in [2.24, 2.45) is 0 Å². The molecule has 0 spiro atoms. The molecule has 0 N–H and O–H groups in total. The Labute approximate surface area is 118 Å². The van der Waals surface area contributed by atoms with Gasteiger partial charge in [0.25, 0.3) is 0 Å². The molecular formula is C13H11BrN2O3. The minimum Gasteiger partial charge on any atom is -0.432 e. The first-order valence-corrected chi connectivity index (χ1v) is 6.32. The molecule has 1 heterocycles. The summed E-state index contributed by atoms with van der Waals surface area (Å²) in [5.74, 6) is 0.522. The number of pyridine rings is 1. The van der Waals surface area contributed by atoms with E-state index in [2.05, 4.69) is 20.9 Å². The lowest BCUT2D eigenvalue weighted by molar-refractivity contribution is -0.386. The number of nitro groups is 1. The van der Waals surface area contributed by atoms with Gasteiger partial charge in [-0.3, -0.25) is 10.1 Å². The second kappa shape index (κ2) is 5.36. The highest BCUT2D eigenvalue weighted by Gasteiger charge is 2.19. The molecule has 2 aromatic rings. The molecule has 2 rings (SSSR count). The summed E-state index contributed by atoms with van der Waals surface area (Å²) >= 11 is 3.34. The Morgan fingerprint density at radius 2 is 2.05 bits per heavy atom. The summed E-state index contributed by atoms with van der Waals surface area (Å²) in [7, 11) is 0. The van der Waals surface area contributed by atoms with Gasteiger partial charge in [-0.15, -0.1) is 0 Å². The SMILES string of the molecule is Cc1cc(Oc2cccc(C)c2[N+](=O)[O-])ncc1Br. The molecule has 5 nitrogen and oxygen atoms in total. The van der Waals surface area contributed by atoms with Crippen LogP contribution in [-0.4, -0.2) is 9.91 Å². The van der Waals surface area contributed by atoms with Crippen molar-refractivity contribution in [2.75, 3.05) is 0 Å². The van der Waals surface area contributed by atoms with Crippen LogP contribution in [0.4, 0.5) is 5.69 Å². The molecule has 0 radical (unpaired) electrons. The fourth-order valence-corrected chi connectivity index (χ4v) is 1.85. The Kier molecular flexibility index (Phi) is 3.80. The summed E-state index contributed by atoms with van der Waals surface area (Å²) in [4.78, 5) is 14.7. The predicted molar refractivity (Wildman–Crippen MR) is 74.6 cm³/mol. The Morgan fingerprint density at radius 1 is 1.32 bits per heavy atom. The molecule has 0 aliphatic rings. The van der Waals surface area contributed by atoms with Gasteiger partial charge >= 0.3 is 5.69 Å². The summed E-state index contributed by atoms with van der Waals surface area (Å²) in [5, 5.41) is 11.1. The van der Waals surface area contributed by atoms with Crippen LogP contribution in [-0.2, 0) is 0 Å². The fraction of sp³-hybridized carbons (Fsp3) is 0.154. The quantitative estimate of drug-likeness (QED) is 0.628. The van der Waals surface area contributed by atoms with E-state index in [1.807, 2.05) is 6.92 Å². The number of aryl methyl sites for hydroxylation is 2. The van der Waals surface area contributed by atoms with Crippen LogP contribution in [0.3, 0.4) is 0 Å². The lowest BCUT2D eigenvalue weighted by Crippen LogP contribution is -1.97. The monoisotopic (exact) mass is 322 g/mol. The average Bonchev–Trinajstić information content (AvgIpc) is 2.33. The van der Waals surface area contributed by atoms with Gasteiger partial charge < -0.3 is 4.74 Å². The molecule has 19 heavy (non-hydrogen) atoms. The molecule has 0 aliphatic heterocycles. The van der Waals surface area contributed by atoms with E-state index in [1.165, 1.54) is 0 Å². The lowest BCUT2D eigenvalue weighted by atomic mass is 10.2. The van der Waals surface area contributed by atoms with Gasteiger partial charge in [-0.05, 0) is 41.4 Å². The number of hydrogen-bond acceptors (Lipinski definition) is 4. The van der Waals surface area contributed by atoms with E-state index >= 15 is 0 Å². The largest absolute Gasteiger partial charge is 0.432 e. The van der Waals surface area contributed by atoms with E-state index in [1.54, 1.807) is 37.4 Å². The zero-order chi connectivity index (χ0) is 14.0. The molecule has 0 amide bonds. The summed E-state index contributed by atoms with van der Waals surface area (Å²) in [5.41, 5.74) is 1.46. The Morgan fingerprint density at radius 3 is 2.68 bits per heavy atom. The third-order valence-electron chi connectivity index (χ3n) is 2.62. The molecule has 0 saturated heterocycles. The summed E-state index contributed by atoms with van der Waals surface area (Å²) in [6, 6.07) is 6.66. The van der Waals surface area contributed by atoms with Crippen LogP contribution < -0.4 is 4.74 Å². The van der Waals surface area contributed by atoms with Crippen LogP contribution in [0, 0.1) is 24.0 Å². The topological polar surface area (TPSA) is 65.3 Å². The van der Waals surface area contributed by atoms with Gasteiger partial charge in [0.15, 0.2) is 0 Å². The molecule has 1 aromatic heterocycles. The average molecular weight is 323 g/mol. The van der Waals surface area contributed by atoms with Gasteiger partial charge in [-0.25, -0.2) is 4.98 Å². The normalized spacial score (nSPS) is 10.3. The Balaban J connectivity index is 2.40. The van der Waals surface area contributed by atoms with Crippen molar-refractivity contribution in [1.29, 1.82) is 0 Å². The van der Waals surface area contributed by atoms with Gasteiger partial charge in [0, 0.05) is 22.3 Å². The molecule has 6 heteroatoms. The maximum atomic E-state index is 11.1. The number of nitro benzene ring substituents is 1. The van der Waals surface area contributed by atoms with Gasteiger partial charge in [0.1, 0.15) is 0 Å². The summed E-state index contributed by atoms with van der Waals surface area (Å²) in [6.45, 7) is 3.56. The second-order valence-electron chi connectivity index (χ2n) is 4.05. The molecule has 0 fully saturated rings. The van der Waals surface area contributed by atoms with Crippen molar-refractivity contribution < 1.29 is 9.66 Å². The van der Waals surface area contributed by atoms with E-state index < -0.39 is 4.92 Å². The molecule has 0 atom stereocenters. The van der Waals surface area contributed by atoms with Gasteiger partial charge in [-0.1, -0.05) is 12.1 Å². The zero-order valence-corrected chi connectivity index (χ0v) is 12.0.